The lowest BCUT2D eigenvalue weighted by Crippen LogP contribution is -2.29. The Hall–Kier alpha value is -0.350. The first-order chi connectivity index (χ1) is 8.19. The Kier molecular flexibility index (Phi) is 6.82. The third kappa shape index (κ3) is 4.80. The van der Waals surface area contributed by atoms with Gasteiger partial charge in [0.15, 0.2) is 0 Å². The minimum absolute atomic E-state index is 0.283. The van der Waals surface area contributed by atoms with Gasteiger partial charge in [0.2, 0.25) is 0 Å². The van der Waals surface area contributed by atoms with Crippen molar-refractivity contribution in [2.75, 3.05) is 32.7 Å². The number of ether oxygens (including phenoxy) is 1. The normalized spacial score (nSPS) is 11.1. The standard InChI is InChI=1S/C12H16Cl2FNO/c1-17-8-7-16(6-5-13)9-10-11(14)3-2-4-12(10)15/h2-4H,5-9H2,1H3. The zero-order chi connectivity index (χ0) is 12.7. The van der Waals surface area contributed by atoms with Crippen LogP contribution in [0.2, 0.25) is 5.02 Å². The van der Waals surface area contributed by atoms with Gasteiger partial charge in [-0.3, -0.25) is 4.90 Å². The molecule has 0 atom stereocenters. The molecule has 0 aliphatic rings. The van der Waals surface area contributed by atoms with Crippen molar-refractivity contribution in [1.82, 2.24) is 4.90 Å². The summed E-state index contributed by atoms with van der Waals surface area (Å²) in [6.07, 6.45) is 0. The molecule has 0 heterocycles. The van der Waals surface area contributed by atoms with Gasteiger partial charge in [-0.25, -0.2) is 4.39 Å². The van der Waals surface area contributed by atoms with Crippen LogP contribution in [0.5, 0.6) is 0 Å². The van der Waals surface area contributed by atoms with Gasteiger partial charge in [0.05, 0.1) is 6.61 Å². The number of benzene rings is 1. The van der Waals surface area contributed by atoms with E-state index in [4.69, 9.17) is 27.9 Å². The molecular formula is C12H16Cl2FNO. The molecule has 1 rings (SSSR count). The van der Waals surface area contributed by atoms with E-state index in [-0.39, 0.29) is 5.82 Å². The molecule has 0 unspecified atom stereocenters. The highest BCUT2D eigenvalue weighted by Gasteiger charge is 2.11. The highest BCUT2D eigenvalue weighted by molar-refractivity contribution is 6.31. The van der Waals surface area contributed by atoms with Gasteiger partial charge in [0.1, 0.15) is 5.82 Å². The molecule has 96 valence electrons. The Morgan fingerprint density at radius 2 is 2.12 bits per heavy atom. The molecule has 0 radical (unpaired) electrons. The molecule has 5 heteroatoms. The van der Waals surface area contributed by atoms with Crippen LogP contribution in [0.15, 0.2) is 18.2 Å². The summed E-state index contributed by atoms with van der Waals surface area (Å²) in [5.41, 5.74) is 0.510. The molecule has 0 N–H and O–H groups in total. The molecule has 17 heavy (non-hydrogen) atoms. The number of hydrogen-bond donors (Lipinski definition) is 0. The maximum absolute atomic E-state index is 13.6. The Labute approximate surface area is 111 Å². The second-order valence-electron chi connectivity index (χ2n) is 3.66. The predicted molar refractivity (Wildman–Crippen MR) is 69.3 cm³/mol. The summed E-state index contributed by atoms with van der Waals surface area (Å²) in [4.78, 5) is 2.01. The molecule has 0 bridgehead atoms. The summed E-state index contributed by atoms with van der Waals surface area (Å²) in [5, 5.41) is 0.446. The Bertz CT molecular complexity index is 329. The van der Waals surface area contributed by atoms with E-state index in [1.54, 1.807) is 19.2 Å². The van der Waals surface area contributed by atoms with Gasteiger partial charge < -0.3 is 4.74 Å². The molecule has 0 amide bonds. The quantitative estimate of drug-likeness (QED) is 0.711. The molecule has 1 aromatic rings. The van der Waals surface area contributed by atoms with Gasteiger partial charge >= 0.3 is 0 Å². The number of hydrogen-bond acceptors (Lipinski definition) is 2. The number of nitrogens with zero attached hydrogens (tertiary/aromatic N) is 1. The van der Waals surface area contributed by atoms with Crippen LogP contribution < -0.4 is 0 Å². The van der Waals surface area contributed by atoms with E-state index in [2.05, 4.69) is 0 Å². The predicted octanol–water partition coefficient (Wildman–Crippen LogP) is 3.17. The minimum Gasteiger partial charge on any atom is -0.383 e. The van der Waals surface area contributed by atoms with Crippen molar-refractivity contribution in [2.45, 2.75) is 6.54 Å². The Morgan fingerprint density at radius 3 is 2.71 bits per heavy atom. The van der Waals surface area contributed by atoms with E-state index in [0.29, 0.717) is 42.7 Å². The summed E-state index contributed by atoms with van der Waals surface area (Å²) in [6, 6.07) is 4.70. The molecule has 0 saturated carbocycles. The van der Waals surface area contributed by atoms with Crippen LogP contribution in [0, 0.1) is 5.82 Å². The second-order valence-corrected chi connectivity index (χ2v) is 4.44. The maximum atomic E-state index is 13.6. The highest BCUT2D eigenvalue weighted by Crippen LogP contribution is 2.20. The number of methoxy groups -OCH3 is 1. The lowest BCUT2D eigenvalue weighted by Gasteiger charge is -2.21. The SMILES string of the molecule is COCCN(CCCl)Cc1c(F)cccc1Cl. The summed E-state index contributed by atoms with van der Waals surface area (Å²) >= 11 is 11.7. The molecule has 1 aromatic carbocycles. The summed E-state index contributed by atoms with van der Waals surface area (Å²) < 4.78 is 18.6. The van der Waals surface area contributed by atoms with Crippen LogP contribution >= 0.6 is 23.2 Å². The lowest BCUT2D eigenvalue weighted by atomic mass is 10.2. The van der Waals surface area contributed by atoms with Crippen LogP contribution in [0.4, 0.5) is 4.39 Å². The fraction of sp³-hybridized carbons (Fsp3) is 0.500. The van der Waals surface area contributed by atoms with Crippen molar-refractivity contribution in [3.63, 3.8) is 0 Å². The summed E-state index contributed by atoms with van der Waals surface area (Å²) in [5.74, 6) is 0.213. The molecule has 0 spiro atoms. The lowest BCUT2D eigenvalue weighted by molar-refractivity contribution is 0.147. The molecule has 0 aliphatic carbocycles. The van der Waals surface area contributed by atoms with Crippen LogP contribution in [-0.4, -0.2) is 37.6 Å². The fourth-order valence-corrected chi connectivity index (χ4v) is 1.98. The molecule has 0 aliphatic heterocycles. The molecule has 2 nitrogen and oxygen atoms in total. The van der Waals surface area contributed by atoms with Crippen molar-refractivity contribution < 1.29 is 9.13 Å². The van der Waals surface area contributed by atoms with Gasteiger partial charge in [-0.2, -0.15) is 0 Å². The first-order valence-electron chi connectivity index (χ1n) is 5.39. The summed E-state index contributed by atoms with van der Waals surface area (Å²) in [6.45, 7) is 2.41. The zero-order valence-corrected chi connectivity index (χ0v) is 11.3. The third-order valence-electron chi connectivity index (χ3n) is 2.46. The van der Waals surface area contributed by atoms with Gasteiger partial charge in [0, 0.05) is 43.2 Å². The van der Waals surface area contributed by atoms with E-state index in [9.17, 15) is 4.39 Å². The van der Waals surface area contributed by atoms with Crippen molar-refractivity contribution >= 4 is 23.2 Å². The van der Waals surface area contributed by atoms with E-state index in [0.717, 1.165) is 0 Å². The van der Waals surface area contributed by atoms with Gasteiger partial charge in [-0.05, 0) is 12.1 Å². The van der Waals surface area contributed by atoms with E-state index in [1.807, 2.05) is 4.90 Å². The van der Waals surface area contributed by atoms with Crippen LogP contribution in [-0.2, 0) is 11.3 Å². The average Bonchev–Trinajstić information content (AvgIpc) is 2.31. The Balaban J connectivity index is 2.70. The number of halogens is 3. The van der Waals surface area contributed by atoms with Gasteiger partial charge in [-0.1, -0.05) is 17.7 Å². The van der Waals surface area contributed by atoms with Crippen molar-refractivity contribution in [2.24, 2.45) is 0 Å². The van der Waals surface area contributed by atoms with E-state index in [1.165, 1.54) is 6.07 Å². The largest absolute Gasteiger partial charge is 0.383 e. The maximum Gasteiger partial charge on any atom is 0.129 e. The van der Waals surface area contributed by atoms with Crippen LogP contribution in [0.3, 0.4) is 0 Å². The minimum atomic E-state index is -0.283. The van der Waals surface area contributed by atoms with E-state index >= 15 is 0 Å². The number of alkyl halides is 1. The Morgan fingerprint density at radius 1 is 1.35 bits per heavy atom. The van der Waals surface area contributed by atoms with E-state index < -0.39 is 0 Å². The first-order valence-corrected chi connectivity index (χ1v) is 6.30. The first kappa shape index (κ1) is 14.7. The van der Waals surface area contributed by atoms with Gasteiger partial charge in [0.25, 0.3) is 0 Å². The highest BCUT2D eigenvalue weighted by atomic mass is 35.5. The van der Waals surface area contributed by atoms with Crippen molar-refractivity contribution in [3.05, 3.63) is 34.6 Å². The van der Waals surface area contributed by atoms with Gasteiger partial charge in [-0.15, -0.1) is 11.6 Å². The van der Waals surface area contributed by atoms with Crippen LogP contribution in [0.1, 0.15) is 5.56 Å². The summed E-state index contributed by atoms with van der Waals surface area (Å²) in [7, 11) is 1.63. The molecular weight excluding hydrogens is 264 g/mol. The van der Waals surface area contributed by atoms with Crippen molar-refractivity contribution in [1.29, 1.82) is 0 Å². The van der Waals surface area contributed by atoms with Crippen molar-refractivity contribution in [3.8, 4) is 0 Å². The monoisotopic (exact) mass is 279 g/mol. The molecule has 0 saturated heterocycles. The third-order valence-corrected chi connectivity index (χ3v) is 2.98. The average molecular weight is 280 g/mol. The fourth-order valence-electron chi connectivity index (χ4n) is 1.52. The molecule has 0 aromatic heterocycles. The van der Waals surface area contributed by atoms with Crippen LogP contribution in [0.25, 0.3) is 0 Å². The smallest absolute Gasteiger partial charge is 0.129 e. The topological polar surface area (TPSA) is 12.5 Å². The second kappa shape index (κ2) is 7.88. The molecule has 0 fully saturated rings. The zero-order valence-electron chi connectivity index (χ0n) is 9.76. The number of rotatable bonds is 7.